The zero-order valence-electron chi connectivity index (χ0n) is 26.4. The number of hydrogen-bond acceptors (Lipinski definition) is 0. The maximum absolute atomic E-state index is 2.67. The monoisotopic (exact) mass is 598 g/mol. The lowest BCUT2D eigenvalue weighted by atomic mass is 9.46. The second-order valence-electron chi connectivity index (χ2n) is 13.0. The lowest BCUT2D eigenvalue weighted by molar-refractivity contribution is 1.18. The molecule has 3 heteroatoms. The summed E-state index contributed by atoms with van der Waals surface area (Å²) in [6.45, 7) is 4.50. The van der Waals surface area contributed by atoms with Crippen LogP contribution in [0.4, 0.5) is 0 Å². The van der Waals surface area contributed by atoms with E-state index in [4.69, 9.17) is 0 Å². The fourth-order valence-corrected chi connectivity index (χ4v) is 8.45. The third-order valence-electron chi connectivity index (χ3n) is 10.4. The van der Waals surface area contributed by atoms with Gasteiger partial charge in [0.25, 0.3) is 0 Å². The van der Waals surface area contributed by atoms with Crippen LogP contribution in [0.5, 0.6) is 0 Å². The molecule has 2 aromatic heterocycles. The highest BCUT2D eigenvalue weighted by Crippen LogP contribution is 2.40. The average Bonchev–Trinajstić information content (AvgIpc) is 3.64. The minimum Gasteiger partial charge on any atom is -0.375 e. The normalized spacial score (nSPS) is 12.4. The van der Waals surface area contributed by atoms with Crippen molar-refractivity contribution in [3.8, 4) is 27.9 Å². The summed E-state index contributed by atoms with van der Waals surface area (Å²) in [6.07, 6.45) is 0. The van der Waals surface area contributed by atoms with Crippen LogP contribution >= 0.6 is 0 Å². The molecule has 0 spiro atoms. The molecule has 1 aliphatic heterocycles. The third-order valence-corrected chi connectivity index (χ3v) is 10.4. The van der Waals surface area contributed by atoms with E-state index < -0.39 is 0 Å². The first-order chi connectivity index (χ1) is 23.2. The predicted molar refractivity (Wildman–Crippen MR) is 201 cm³/mol. The van der Waals surface area contributed by atoms with Crippen LogP contribution < -0.4 is 10.9 Å². The molecule has 220 valence electrons. The maximum atomic E-state index is 2.67. The highest BCUT2D eigenvalue weighted by molar-refractivity contribution is 6.89. The maximum Gasteiger partial charge on any atom is 0.333 e. The van der Waals surface area contributed by atoms with Gasteiger partial charge in [0.1, 0.15) is 0 Å². The van der Waals surface area contributed by atoms with Crippen molar-refractivity contribution in [2.24, 2.45) is 0 Å². The SMILES string of the molecule is Cc1cccc2c3cccc(C)c3n(B3c4ccccc4-n4c5cc(-c6ccccc6)ccc5c5ccc(-c6ccccc6)c3c54)c12. The van der Waals surface area contributed by atoms with E-state index in [1.54, 1.807) is 0 Å². The van der Waals surface area contributed by atoms with Crippen LogP contribution in [-0.4, -0.2) is 15.9 Å². The van der Waals surface area contributed by atoms with Crippen LogP contribution in [-0.2, 0) is 0 Å². The average molecular weight is 599 g/mol. The third kappa shape index (κ3) is 3.63. The van der Waals surface area contributed by atoms with Crippen LogP contribution in [0.3, 0.4) is 0 Å². The molecule has 3 heterocycles. The molecule has 0 atom stereocenters. The van der Waals surface area contributed by atoms with E-state index in [0.717, 1.165) is 0 Å². The summed E-state index contributed by atoms with van der Waals surface area (Å²) in [5.74, 6) is 0. The zero-order chi connectivity index (χ0) is 31.2. The number of para-hydroxylation sites is 3. The molecule has 2 nitrogen and oxygen atoms in total. The van der Waals surface area contributed by atoms with Crippen molar-refractivity contribution >= 4 is 61.4 Å². The van der Waals surface area contributed by atoms with E-state index in [1.165, 1.54) is 93.6 Å². The number of nitrogens with zero attached hydrogens (tertiary/aromatic N) is 2. The number of fused-ring (bicyclic) bond motifs is 8. The van der Waals surface area contributed by atoms with Crippen molar-refractivity contribution in [1.29, 1.82) is 0 Å². The summed E-state index contributed by atoms with van der Waals surface area (Å²) in [6, 6.07) is 56.1. The summed E-state index contributed by atoms with van der Waals surface area (Å²) in [4.78, 5) is 0. The summed E-state index contributed by atoms with van der Waals surface area (Å²) in [7, 11) is 0. The molecule has 1 aliphatic rings. The molecule has 0 radical (unpaired) electrons. The van der Waals surface area contributed by atoms with Gasteiger partial charge in [-0.15, -0.1) is 0 Å². The Kier molecular flexibility index (Phi) is 5.54. The largest absolute Gasteiger partial charge is 0.375 e. The summed E-state index contributed by atoms with van der Waals surface area (Å²) in [5, 5.41) is 5.20. The van der Waals surface area contributed by atoms with Gasteiger partial charge in [-0.2, -0.15) is 0 Å². The molecule has 0 saturated carbocycles. The molecule has 47 heavy (non-hydrogen) atoms. The molecule has 0 saturated heterocycles. The second-order valence-corrected chi connectivity index (χ2v) is 13.0. The van der Waals surface area contributed by atoms with Gasteiger partial charge in [0.15, 0.2) is 0 Å². The van der Waals surface area contributed by atoms with E-state index in [1.807, 2.05) is 0 Å². The summed E-state index contributed by atoms with van der Waals surface area (Å²) < 4.78 is 5.23. The van der Waals surface area contributed by atoms with E-state index in [-0.39, 0.29) is 6.85 Å². The van der Waals surface area contributed by atoms with Gasteiger partial charge in [0, 0.05) is 38.3 Å². The molecular formula is C44H31BN2. The summed E-state index contributed by atoms with van der Waals surface area (Å²) in [5.41, 5.74) is 16.7. The standard InChI is InChI=1S/C44H31BN2/c1-28-13-11-19-35-36-20-12-14-29(2)43(36)47(42(28)35)45-38-21-9-10-22-39(38)46-40-27-32(30-15-5-3-6-16-30)23-24-34(40)37-26-25-33(41(45)44(37)46)31-17-7-4-8-18-31/h3-27H,1-2H3. The van der Waals surface area contributed by atoms with Crippen molar-refractivity contribution in [2.45, 2.75) is 13.8 Å². The van der Waals surface area contributed by atoms with Gasteiger partial charge in [-0.3, -0.25) is 0 Å². The Morgan fingerprint density at radius 2 is 1.04 bits per heavy atom. The number of benzene rings is 7. The van der Waals surface area contributed by atoms with Crippen molar-refractivity contribution in [1.82, 2.24) is 9.05 Å². The predicted octanol–water partition coefficient (Wildman–Crippen LogP) is 9.81. The molecular weight excluding hydrogens is 567 g/mol. The van der Waals surface area contributed by atoms with Gasteiger partial charge in [0.05, 0.1) is 11.0 Å². The number of rotatable bonds is 3. The Labute approximate surface area is 274 Å². The number of aryl methyl sites for hydroxylation is 2. The first kappa shape index (κ1) is 26.4. The van der Waals surface area contributed by atoms with Gasteiger partial charge in [0.2, 0.25) is 0 Å². The first-order valence-corrected chi connectivity index (χ1v) is 16.5. The topological polar surface area (TPSA) is 9.86 Å². The minimum atomic E-state index is -0.0299. The Balaban J connectivity index is 1.43. The Morgan fingerprint density at radius 3 is 1.74 bits per heavy atom. The quantitative estimate of drug-likeness (QED) is 0.179. The molecule has 0 N–H and O–H groups in total. The molecule has 0 bridgehead atoms. The van der Waals surface area contributed by atoms with Crippen LogP contribution in [0.1, 0.15) is 11.1 Å². The van der Waals surface area contributed by atoms with Crippen molar-refractivity contribution in [2.75, 3.05) is 0 Å². The van der Waals surface area contributed by atoms with E-state index >= 15 is 0 Å². The Bertz CT molecular complexity index is 2640. The Hall–Kier alpha value is -5.80. The van der Waals surface area contributed by atoms with Crippen LogP contribution in [0.2, 0.25) is 0 Å². The first-order valence-electron chi connectivity index (χ1n) is 16.5. The molecule has 0 fully saturated rings. The van der Waals surface area contributed by atoms with E-state index in [0.29, 0.717) is 0 Å². The second kappa shape index (κ2) is 9.85. The molecule has 10 rings (SSSR count). The van der Waals surface area contributed by atoms with Crippen molar-refractivity contribution in [3.63, 3.8) is 0 Å². The van der Waals surface area contributed by atoms with Gasteiger partial charge in [-0.1, -0.05) is 140 Å². The lowest BCUT2D eigenvalue weighted by Crippen LogP contribution is -2.54. The lowest BCUT2D eigenvalue weighted by Gasteiger charge is -2.30. The molecule has 0 unspecified atom stereocenters. The van der Waals surface area contributed by atoms with Crippen molar-refractivity contribution in [3.05, 3.63) is 163 Å². The van der Waals surface area contributed by atoms with Gasteiger partial charge >= 0.3 is 6.85 Å². The van der Waals surface area contributed by atoms with Crippen LogP contribution in [0.25, 0.3) is 71.6 Å². The smallest absolute Gasteiger partial charge is 0.333 e. The fraction of sp³-hybridized carbons (Fsp3) is 0.0455. The number of aromatic nitrogens is 2. The molecule has 9 aromatic rings. The fourth-order valence-electron chi connectivity index (χ4n) is 8.45. The highest BCUT2D eigenvalue weighted by atomic mass is 15.0. The summed E-state index contributed by atoms with van der Waals surface area (Å²) >= 11 is 0. The Morgan fingerprint density at radius 1 is 0.447 bits per heavy atom. The highest BCUT2D eigenvalue weighted by Gasteiger charge is 2.38. The van der Waals surface area contributed by atoms with Crippen molar-refractivity contribution < 1.29 is 0 Å². The van der Waals surface area contributed by atoms with Gasteiger partial charge in [-0.05, 0) is 70.3 Å². The number of hydrogen-bond donors (Lipinski definition) is 0. The van der Waals surface area contributed by atoms with Crippen LogP contribution in [0.15, 0.2) is 152 Å². The van der Waals surface area contributed by atoms with Gasteiger partial charge < -0.3 is 9.05 Å². The van der Waals surface area contributed by atoms with E-state index in [9.17, 15) is 0 Å². The van der Waals surface area contributed by atoms with Crippen LogP contribution in [0, 0.1) is 13.8 Å². The zero-order valence-corrected chi connectivity index (χ0v) is 26.4. The van der Waals surface area contributed by atoms with E-state index in [2.05, 4.69) is 175 Å². The van der Waals surface area contributed by atoms with Gasteiger partial charge in [-0.25, -0.2) is 0 Å². The minimum absolute atomic E-state index is 0.0299. The molecule has 0 amide bonds. The molecule has 0 aliphatic carbocycles. The molecule has 7 aromatic carbocycles.